The van der Waals surface area contributed by atoms with Crippen LogP contribution in [0.5, 0.6) is 5.75 Å². The summed E-state index contributed by atoms with van der Waals surface area (Å²) in [7, 11) is 3.23. The number of likely N-dealkylation sites (tertiary alicyclic amines) is 2. The molecule has 0 aliphatic carbocycles. The number of likely N-dealkylation sites (N-methyl/N-ethyl adjacent to an activating group) is 1. The summed E-state index contributed by atoms with van der Waals surface area (Å²) in [5, 5.41) is 9.80. The van der Waals surface area contributed by atoms with Crippen molar-refractivity contribution in [1.29, 1.82) is 0 Å². The zero-order valence-electron chi connectivity index (χ0n) is 14.5. The van der Waals surface area contributed by atoms with Crippen LogP contribution in [0.3, 0.4) is 0 Å². The van der Waals surface area contributed by atoms with Crippen LogP contribution >= 0.6 is 0 Å². The largest absolute Gasteiger partial charge is 0.493 e. The number of hydrogen-bond acceptors (Lipinski definition) is 4. The molecule has 1 N–H and O–H groups in total. The summed E-state index contributed by atoms with van der Waals surface area (Å²) in [6, 6.07) is 4.02. The van der Waals surface area contributed by atoms with Crippen LogP contribution in [0.25, 0.3) is 0 Å². The van der Waals surface area contributed by atoms with Gasteiger partial charge in [-0.05, 0) is 45.0 Å². The number of nitrogens with zero attached hydrogens (tertiary/aromatic N) is 2. The van der Waals surface area contributed by atoms with Gasteiger partial charge in [-0.2, -0.15) is 0 Å². The first-order valence-electron chi connectivity index (χ1n) is 8.46. The molecule has 1 amide bonds. The van der Waals surface area contributed by atoms with E-state index in [0.29, 0.717) is 25.9 Å². The molecule has 3 rings (SSSR count). The molecule has 0 spiro atoms. The molecule has 1 aromatic carbocycles. The zero-order valence-corrected chi connectivity index (χ0v) is 14.5. The van der Waals surface area contributed by atoms with Gasteiger partial charge in [0.15, 0.2) is 11.6 Å². The molecule has 2 atom stereocenters. The van der Waals surface area contributed by atoms with Gasteiger partial charge in [-0.15, -0.1) is 0 Å². The second-order valence-corrected chi connectivity index (χ2v) is 6.88. The van der Waals surface area contributed by atoms with Crippen molar-refractivity contribution in [3.8, 4) is 5.75 Å². The molecule has 2 aliphatic heterocycles. The summed E-state index contributed by atoms with van der Waals surface area (Å²) >= 11 is 0. The van der Waals surface area contributed by atoms with E-state index in [4.69, 9.17) is 4.74 Å². The fourth-order valence-corrected chi connectivity index (χ4v) is 4.22. The number of ether oxygens (including phenoxy) is 1. The Kier molecular flexibility index (Phi) is 4.69. The van der Waals surface area contributed by atoms with E-state index in [1.54, 1.807) is 4.90 Å². The third-order valence-electron chi connectivity index (χ3n) is 5.64. The Balaban J connectivity index is 1.88. The van der Waals surface area contributed by atoms with Crippen molar-refractivity contribution < 1.29 is 23.8 Å². The first-order valence-corrected chi connectivity index (χ1v) is 8.46. The minimum atomic E-state index is -0.810. The van der Waals surface area contributed by atoms with E-state index in [1.807, 2.05) is 11.9 Å². The molecule has 1 aromatic rings. The van der Waals surface area contributed by atoms with Crippen LogP contribution in [-0.2, 0) is 4.79 Å². The van der Waals surface area contributed by atoms with Crippen LogP contribution in [0.4, 0.5) is 4.39 Å². The Morgan fingerprint density at radius 3 is 2.76 bits per heavy atom. The number of carbonyl (C=O) groups is 2. The number of carbonyl (C=O) groups excluding carboxylic acids is 1. The second kappa shape index (κ2) is 6.63. The number of methoxy groups -OCH3 is 1. The third-order valence-corrected chi connectivity index (χ3v) is 5.64. The summed E-state index contributed by atoms with van der Waals surface area (Å²) in [5.41, 5.74) is -0.640. The van der Waals surface area contributed by atoms with Crippen LogP contribution < -0.4 is 4.74 Å². The number of fused-ring (bicyclic) bond motifs is 1. The molecular formula is C18H23FN2O4. The SMILES string of the molecule is COc1c(F)cccc1C(=O)N1CC[C@@]2(C(=O)O)CCCN(C)[C@@H]2C1. The number of amides is 1. The van der Waals surface area contributed by atoms with Gasteiger partial charge in [0.2, 0.25) is 0 Å². The van der Waals surface area contributed by atoms with E-state index in [2.05, 4.69) is 0 Å². The normalized spacial score (nSPS) is 26.8. The minimum absolute atomic E-state index is 0.0698. The van der Waals surface area contributed by atoms with Gasteiger partial charge in [0.25, 0.3) is 5.91 Å². The van der Waals surface area contributed by atoms with Gasteiger partial charge in [-0.25, -0.2) is 4.39 Å². The maximum atomic E-state index is 13.9. The maximum Gasteiger partial charge on any atom is 0.311 e. The van der Waals surface area contributed by atoms with E-state index in [1.165, 1.54) is 25.3 Å². The van der Waals surface area contributed by atoms with Crippen LogP contribution in [0, 0.1) is 11.2 Å². The Hall–Kier alpha value is -2.15. The molecule has 7 heteroatoms. The van der Waals surface area contributed by atoms with Crippen molar-refractivity contribution in [1.82, 2.24) is 9.80 Å². The minimum Gasteiger partial charge on any atom is -0.493 e. The molecule has 2 heterocycles. The van der Waals surface area contributed by atoms with Gasteiger partial charge in [0.1, 0.15) is 0 Å². The Morgan fingerprint density at radius 1 is 1.32 bits per heavy atom. The fraction of sp³-hybridized carbons (Fsp3) is 0.556. The summed E-state index contributed by atoms with van der Waals surface area (Å²) in [6.07, 6.45) is 1.87. The number of aliphatic carboxylic acids is 1. The van der Waals surface area contributed by atoms with Gasteiger partial charge in [0.05, 0.1) is 18.1 Å². The second-order valence-electron chi connectivity index (χ2n) is 6.88. The number of carboxylic acid groups (broad SMARTS) is 1. The highest BCUT2D eigenvalue weighted by atomic mass is 19.1. The monoisotopic (exact) mass is 350 g/mol. The molecule has 0 saturated carbocycles. The lowest BCUT2D eigenvalue weighted by atomic mass is 9.68. The Labute approximate surface area is 146 Å². The van der Waals surface area contributed by atoms with Crippen molar-refractivity contribution in [3.05, 3.63) is 29.6 Å². The maximum absolute atomic E-state index is 13.9. The van der Waals surface area contributed by atoms with Crippen molar-refractivity contribution in [3.63, 3.8) is 0 Å². The lowest BCUT2D eigenvalue weighted by molar-refractivity contribution is -0.161. The zero-order chi connectivity index (χ0) is 18.2. The highest BCUT2D eigenvalue weighted by molar-refractivity contribution is 5.97. The Bertz CT molecular complexity index is 696. The standard InChI is InChI=1S/C18H23FN2O4/c1-20-9-4-7-18(17(23)24)8-10-21(11-14(18)20)16(22)12-5-3-6-13(19)15(12)25-2/h3,5-6,14H,4,7-11H2,1-2H3,(H,23,24)/t14-,18+/m1/s1. The van der Waals surface area contributed by atoms with Crippen molar-refractivity contribution in [2.75, 3.05) is 33.8 Å². The number of rotatable bonds is 3. The fourth-order valence-electron chi connectivity index (χ4n) is 4.22. The summed E-state index contributed by atoms with van der Waals surface area (Å²) in [4.78, 5) is 28.5. The van der Waals surface area contributed by atoms with Gasteiger partial charge < -0.3 is 19.6 Å². The predicted molar refractivity (Wildman–Crippen MR) is 89.2 cm³/mol. The van der Waals surface area contributed by atoms with Crippen molar-refractivity contribution in [2.24, 2.45) is 5.41 Å². The summed E-state index contributed by atoms with van der Waals surface area (Å²) in [5.74, 6) is -1.77. The summed E-state index contributed by atoms with van der Waals surface area (Å²) in [6.45, 7) is 1.47. The Morgan fingerprint density at radius 2 is 2.08 bits per heavy atom. The average molecular weight is 350 g/mol. The number of para-hydroxylation sites is 1. The molecule has 6 nitrogen and oxygen atoms in total. The molecule has 0 aromatic heterocycles. The van der Waals surface area contributed by atoms with E-state index in [9.17, 15) is 19.1 Å². The predicted octanol–water partition coefficient (Wildman–Crippen LogP) is 1.85. The average Bonchev–Trinajstić information content (AvgIpc) is 2.60. The highest BCUT2D eigenvalue weighted by Gasteiger charge is 2.53. The third kappa shape index (κ3) is 2.86. The molecule has 25 heavy (non-hydrogen) atoms. The molecule has 0 radical (unpaired) electrons. The first kappa shape index (κ1) is 17.7. The van der Waals surface area contributed by atoms with Gasteiger partial charge in [0, 0.05) is 19.1 Å². The molecule has 136 valence electrons. The number of carboxylic acids is 1. The molecule has 0 unspecified atom stereocenters. The van der Waals surface area contributed by atoms with Gasteiger partial charge in [-0.1, -0.05) is 6.07 Å². The molecule has 2 aliphatic rings. The lowest BCUT2D eigenvalue weighted by Crippen LogP contribution is -2.63. The summed E-state index contributed by atoms with van der Waals surface area (Å²) < 4.78 is 18.9. The smallest absolute Gasteiger partial charge is 0.311 e. The highest BCUT2D eigenvalue weighted by Crippen LogP contribution is 2.42. The van der Waals surface area contributed by atoms with Crippen molar-refractivity contribution >= 4 is 11.9 Å². The first-order chi connectivity index (χ1) is 11.9. The van der Waals surface area contributed by atoms with Crippen LogP contribution in [0.1, 0.15) is 29.6 Å². The number of benzene rings is 1. The number of halogens is 1. The quantitative estimate of drug-likeness (QED) is 0.901. The van der Waals surface area contributed by atoms with Crippen LogP contribution in [0.2, 0.25) is 0 Å². The lowest BCUT2D eigenvalue weighted by Gasteiger charge is -2.51. The number of piperidine rings is 2. The van der Waals surface area contributed by atoms with Gasteiger partial charge in [-0.3, -0.25) is 9.59 Å². The van der Waals surface area contributed by atoms with Crippen LogP contribution in [-0.4, -0.2) is 66.6 Å². The van der Waals surface area contributed by atoms with E-state index >= 15 is 0 Å². The van der Waals surface area contributed by atoms with Crippen LogP contribution in [0.15, 0.2) is 18.2 Å². The molecule has 2 fully saturated rings. The van der Waals surface area contributed by atoms with E-state index < -0.39 is 17.2 Å². The molecule has 2 saturated heterocycles. The number of hydrogen-bond donors (Lipinski definition) is 1. The molecule has 0 bridgehead atoms. The van der Waals surface area contributed by atoms with E-state index in [0.717, 1.165) is 13.0 Å². The van der Waals surface area contributed by atoms with Gasteiger partial charge >= 0.3 is 5.97 Å². The molecular weight excluding hydrogens is 327 g/mol. The topological polar surface area (TPSA) is 70.1 Å². The van der Waals surface area contributed by atoms with Crippen molar-refractivity contribution in [2.45, 2.75) is 25.3 Å². The van der Waals surface area contributed by atoms with E-state index in [-0.39, 0.29) is 23.3 Å².